The highest BCUT2D eigenvalue weighted by Gasteiger charge is 2.22. The molecule has 1 N–H and O–H groups in total. The summed E-state index contributed by atoms with van der Waals surface area (Å²) in [4.78, 5) is 2.60. The summed E-state index contributed by atoms with van der Waals surface area (Å²) in [5, 5.41) is 9.52. The summed E-state index contributed by atoms with van der Waals surface area (Å²) in [6.45, 7) is 2.36. The molecule has 1 atom stereocenters. The number of likely N-dealkylation sites (tertiary alicyclic amines) is 1. The fraction of sp³-hybridized carbons (Fsp3) is 0.368. The molecule has 0 bridgehead atoms. The van der Waals surface area contributed by atoms with E-state index in [9.17, 15) is 5.11 Å². The van der Waals surface area contributed by atoms with Gasteiger partial charge in [0.15, 0.2) is 0 Å². The number of rotatable bonds is 4. The van der Waals surface area contributed by atoms with E-state index in [1.54, 1.807) is 12.1 Å². The average molecular weight is 281 g/mol. The van der Waals surface area contributed by atoms with Gasteiger partial charge in [-0.3, -0.25) is 4.90 Å². The molecule has 2 nitrogen and oxygen atoms in total. The molecule has 3 rings (SSSR count). The second-order valence-electron chi connectivity index (χ2n) is 5.89. The summed E-state index contributed by atoms with van der Waals surface area (Å²) in [6, 6.07) is 18.9. The van der Waals surface area contributed by atoms with Gasteiger partial charge in [0.2, 0.25) is 0 Å². The largest absolute Gasteiger partial charge is 0.508 e. The Morgan fingerprint density at radius 1 is 0.857 bits per heavy atom. The summed E-state index contributed by atoms with van der Waals surface area (Å²) in [5.41, 5.74) is 2.68. The summed E-state index contributed by atoms with van der Waals surface area (Å²) < 4.78 is 0. The van der Waals surface area contributed by atoms with E-state index in [1.165, 1.54) is 43.5 Å². The average Bonchev–Trinajstić information content (AvgIpc) is 2.55. The molecule has 2 aromatic carbocycles. The molecule has 110 valence electrons. The molecule has 1 heterocycles. The van der Waals surface area contributed by atoms with Crippen LogP contribution in [0.1, 0.15) is 36.4 Å². The van der Waals surface area contributed by atoms with Crippen molar-refractivity contribution in [1.29, 1.82) is 0 Å². The Kier molecular flexibility index (Phi) is 4.56. The van der Waals surface area contributed by atoms with E-state index < -0.39 is 0 Å². The molecule has 1 fully saturated rings. The fourth-order valence-electron chi connectivity index (χ4n) is 3.22. The first-order chi connectivity index (χ1) is 10.3. The van der Waals surface area contributed by atoms with Gasteiger partial charge in [0.05, 0.1) is 0 Å². The number of phenolic OH excluding ortho intramolecular Hbond substituents is 1. The third kappa shape index (κ3) is 3.64. The SMILES string of the molecule is Oc1ccc([C@H](Cc2ccccc2)N2CCCCC2)cc1. The second-order valence-corrected chi connectivity index (χ2v) is 5.89. The number of piperidine rings is 1. The van der Waals surface area contributed by atoms with Crippen molar-refractivity contribution in [3.05, 3.63) is 65.7 Å². The Hall–Kier alpha value is -1.80. The van der Waals surface area contributed by atoms with Crippen LogP contribution in [0.25, 0.3) is 0 Å². The van der Waals surface area contributed by atoms with Crippen molar-refractivity contribution in [2.75, 3.05) is 13.1 Å². The smallest absolute Gasteiger partial charge is 0.115 e. The number of nitrogens with zero attached hydrogens (tertiary/aromatic N) is 1. The van der Waals surface area contributed by atoms with E-state index in [0.717, 1.165) is 6.42 Å². The van der Waals surface area contributed by atoms with Gasteiger partial charge in [0.25, 0.3) is 0 Å². The highest BCUT2D eigenvalue weighted by atomic mass is 16.3. The fourth-order valence-corrected chi connectivity index (χ4v) is 3.22. The number of aromatic hydroxyl groups is 1. The molecule has 0 aromatic heterocycles. The number of hydrogen-bond acceptors (Lipinski definition) is 2. The van der Waals surface area contributed by atoms with Gasteiger partial charge >= 0.3 is 0 Å². The van der Waals surface area contributed by atoms with Crippen LogP contribution in [0, 0.1) is 0 Å². The molecule has 0 spiro atoms. The minimum Gasteiger partial charge on any atom is -0.508 e. The molecule has 1 aliphatic heterocycles. The van der Waals surface area contributed by atoms with Crippen LogP contribution in [0.2, 0.25) is 0 Å². The lowest BCUT2D eigenvalue weighted by Crippen LogP contribution is -2.34. The first kappa shape index (κ1) is 14.2. The van der Waals surface area contributed by atoms with E-state index in [4.69, 9.17) is 0 Å². The van der Waals surface area contributed by atoms with Gasteiger partial charge < -0.3 is 5.11 Å². The molecule has 1 saturated heterocycles. The van der Waals surface area contributed by atoms with Gasteiger partial charge in [0.1, 0.15) is 5.75 Å². The van der Waals surface area contributed by atoms with Gasteiger partial charge in [-0.2, -0.15) is 0 Å². The molecule has 0 unspecified atom stereocenters. The van der Waals surface area contributed by atoms with E-state index in [1.807, 2.05) is 0 Å². The second kappa shape index (κ2) is 6.77. The van der Waals surface area contributed by atoms with Crippen LogP contribution < -0.4 is 0 Å². The zero-order valence-electron chi connectivity index (χ0n) is 12.4. The Bertz CT molecular complexity index is 544. The number of hydrogen-bond donors (Lipinski definition) is 1. The molecule has 1 aliphatic rings. The minimum absolute atomic E-state index is 0.343. The molecule has 21 heavy (non-hydrogen) atoms. The van der Waals surface area contributed by atoms with Crippen molar-refractivity contribution >= 4 is 0 Å². The van der Waals surface area contributed by atoms with Crippen LogP contribution in [-0.4, -0.2) is 23.1 Å². The molecule has 0 aliphatic carbocycles. The molecule has 0 saturated carbocycles. The highest BCUT2D eigenvalue weighted by Crippen LogP contribution is 2.29. The Morgan fingerprint density at radius 3 is 2.19 bits per heavy atom. The van der Waals surface area contributed by atoms with Gasteiger partial charge in [-0.05, 0) is 55.6 Å². The third-order valence-corrected chi connectivity index (χ3v) is 4.38. The number of phenols is 1. The minimum atomic E-state index is 0.343. The van der Waals surface area contributed by atoms with Crippen molar-refractivity contribution in [2.24, 2.45) is 0 Å². The van der Waals surface area contributed by atoms with Crippen LogP contribution in [0.3, 0.4) is 0 Å². The summed E-state index contributed by atoms with van der Waals surface area (Å²) in [6.07, 6.45) is 4.97. The van der Waals surface area contributed by atoms with Crippen LogP contribution in [0.15, 0.2) is 54.6 Å². The summed E-state index contributed by atoms with van der Waals surface area (Å²) in [5.74, 6) is 0.343. The first-order valence-corrected chi connectivity index (χ1v) is 7.90. The van der Waals surface area contributed by atoms with Crippen LogP contribution >= 0.6 is 0 Å². The predicted molar refractivity (Wildman–Crippen MR) is 86.4 cm³/mol. The maximum absolute atomic E-state index is 9.52. The molecule has 2 heteroatoms. The van der Waals surface area contributed by atoms with E-state index >= 15 is 0 Å². The van der Waals surface area contributed by atoms with Crippen molar-refractivity contribution in [3.8, 4) is 5.75 Å². The van der Waals surface area contributed by atoms with Crippen molar-refractivity contribution in [2.45, 2.75) is 31.7 Å². The topological polar surface area (TPSA) is 23.5 Å². The zero-order chi connectivity index (χ0) is 14.5. The Balaban J connectivity index is 1.84. The van der Waals surface area contributed by atoms with Crippen molar-refractivity contribution < 1.29 is 5.11 Å². The molecule has 2 aromatic rings. The van der Waals surface area contributed by atoms with E-state index in [-0.39, 0.29) is 0 Å². The van der Waals surface area contributed by atoms with Gasteiger partial charge in [0, 0.05) is 6.04 Å². The maximum atomic E-state index is 9.52. The lowest BCUT2D eigenvalue weighted by atomic mass is 9.95. The lowest BCUT2D eigenvalue weighted by Gasteiger charge is -2.35. The van der Waals surface area contributed by atoms with Crippen LogP contribution in [-0.2, 0) is 6.42 Å². The van der Waals surface area contributed by atoms with Crippen molar-refractivity contribution in [3.63, 3.8) is 0 Å². The summed E-state index contributed by atoms with van der Waals surface area (Å²) in [7, 11) is 0. The van der Waals surface area contributed by atoms with Gasteiger partial charge in [-0.25, -0.2) is 0 Å². The van der Waals surface area contributed by atoms with Crippen LogP contribution in [0.5, 0.6) is 5.75 Å². The monoisotopic (exact) mass is 281 g/mol. The van der Waals surface area contributed by atoms with Gasteiger partial charge in [-0.15, -0.1) is 0 Å². The van der Waals surface area contributed by atoms with E-state index in [0.29, 0.717) is 11.8 Å². The first-order valence-electron chi connectivity index (χ1n) is 7.90. The molecule has 0 radical (unpaired) electrons. The molecular weight excluding hydrogens is 258 g/mol. The molecular formula is C19H23NO. The normalized spacial score (nSPS) is 17.5. The third-order valence-electron chi connectivity index (χ3n) is 4.38. The Labute approximate surface area is 127 Å². The quantitative estimate of drug-likeness (QED) is 0.909. The zero-order valence-corrected chi connectivity index (χ0v) is 12.4. The van der Waals surface area contributed by atoms with E-state index in [2.05, 4.69) is 47.4 Å². The highest BCUT2D eigenvalue weighted by molar-refractivity contribution is 5.30. The van der Waals surface area contributed by atoms with Crippen LogP contribution in [0.4, 0.5) is 0 Å². The molecule has 0 amide bonds. The predicted octanol–water partition coefficient (Wildman–Crippen LogP) is 4.16. The maximum Gasteiger partial charge on any atom is 0.115 e. The van der Waals surface area contributed by atoms with Crippen molar-refractivity contribution in [1.82, 2.24) is 4.90 Å². The summed E-state index contributed by atoms with van der Waals surface area (Å²) >= 11 is 0. The lowest BCUT2D eigenvalue weighted by molar-refractivity contribution is 0.162. The van der Waals surface area contributed by atoms with Gasteiger partial charge in [-0.1, -0.05) is 48.9 Å². The number of benzene rings is 2. The Morgan fingerprint density at radius 2 is 1.52 bits per heavy atom. The standard InChI is InChI=1S/C19H23NO/c21-18-11-9-17(10-12-18)19(20-13-5-2-6-14-20)15-16-7-3-1-4-8-16/h1,3-4,7-12,19,21H,2,5-6,13-15H2/t19-/m0/s1.